The number of aromatic nitrogens is 1. The SMILES string of the molecule is CCn1cc(N)cc1C(=O)N1CCC(C)(C)C1. The Labute approximate surface area is 102 Å². The van der Waals surface area contributed by atoms with E-state index >= 15 is 0 Å². The monoisotopic (exact) mass is 235 g/mol. The summed E-state index contributed by atoms with van der Waals surface area (Å²) in [5.74, 6) is 0.106. The zero-order valence-corrected chi connectivity index (χ0v) is 10.9. The van der Waals surface area contributed by atoms with Crippen LogP contribution in [0, 0.1) is 5.41 Å². The third-order valence-corrected chi connectivity index (χ3v) is 3.44. The molecule has 0 spiro atoms. The second-order valence-corrected chi connectivity index (χ2v) is 5.59. The molecule has 0 aliphatic carbocycles. The normalized spacial score (nSPS) is 18.6. The number of likely N-dealkylation sites (tertiary alicyclic amines) is 1. The molecule has 2 heterocycles. The van der Waals surface area contributed by atoms with Crippen molar-refractivity contribution in [1.82, 2.24) is 9.47 Å². The molecule has 17 heavy (non-hydrogen) atoms. The van der Waals surface area contributed by atoms with Gasteiger partial charge in [-0.1, -0.05) is 13.8 Å². The lowest BCUT2D eigenvalue weighted by molar-refractivity contribution is 0.0767. The van der Waals surface area contributed by atoms with Crippen molar-refractivity contribution in [3.8, 4) is 0 Å². The number of hydrogen-bond donors (Lipinski definition) is 1. The van der Waals surface area contributed by atoms with Crippen molar-refractivity contribution in [3.63, 3.8) is 0 Å². The molecule has 2 rings (SSSR count). The van der Waals surface area contributed by atoms with Crippen LogP contribution in [0.5, 0.6) is 0 Å². The highest BCUT2D eigenvalue weighted by Crippen LogP contribution is 2.30. The predicted octanol–water partition coefficient (Wildman–Crippen LogP) is 1.96. The molecule has 1 aliphatic rings. The molecule has 1 aliphatic heterocycles. The van der Waals surface area contributed by atoms with Gasteiger partial charge in [-0.15, -0.1) is 0 Å². The van der Waals surface area contributed by atoms with Gasteiger partial charge in [-0.25, -0.2) is 0 Å². The Bertz CT molecular complexity index is 434. The van der Waals surface area contributed by atoms with Crippen molar-refractivity contribution in [1.29, 1.82) is 0 Å². The van der Waals surface area contributed by atoms with Gasteiger partial charge in [0.2, 0.25) is 0 Å². The lowest BCUT2D eigenvalue weighted by atomic mass is 9.93. The first-order chi connectivity index (χ1) is 7.93. The van der Waals surface area contributed by atoms with Crippen molar-refractivity contribution in [2.45, 2.75) is 33.7 Å². The highest BCUT2D eigenvalue weighted by atomic mass is 16.2. The zero-order chi connectivity index (χ0) is 12.6. The van der Waals surface area contributed by atoms with E-state index in [-0.39, 0.29) is 11.3 Å². The van der Waals surface area contributed by atoms with E-state index in [1.54, 1.807) is 6.07 Å². The number of amides is 1. The highest BCUT2D eigenvalue weighted by molar-refractivity contribution is 5.94. The van der Waals surface area contributed by atoms with Gasteiger partial charge >= 0.3 is 0 Å². The van der Waals surface area contributed by atoms with Gasteiger partial charge in [-0.2, -0.15) is 0 Å². The lowest BCUT2D eigenvalue weighted by Crippen LogP contribution is -2.31. The predicted molar refractivity (Wildman–Crippen MR) is 68.8 cm³/mol. The smallest absolute Gasteiger partial charge is 0.270 e. The first-order valence-corrected chi connectivity index (χ1v) is 6.18. The molecule has 1 amide bonds. The van der Waals surface area contributed by atoms with Crippen molar-refractivity contribution in [2.75, 3.05) is 18.8 Å². The number of carbonyl (C=O) groups is 1. The maximum atomic E-state index is 12.4. The quantitative estimate of drug-likeness (QED) is 0.852. The summed E-state index contributed by atoms with van der Waals surface area (Å²) in [6.45, 7) is 8.88. The topological polar surface area (TPSA) is 51.3 Å². The van der Waals surface area contributed by atoms with Crippen molar-refractivity contribution in [2.24, 2.45) is 5.41 Å². The van der Waals surface area contributed by atoms with Crippen LogP contribution in [0.4, 0.5) is 5.69 Å². The standard InChI is InChI=1S/C13H21N3O/c1-4-15-8-10(14)7-11(15)12(17)16-6-5-13(2,3)9-16/h7-8H,4-6,9,14H2,1-3H3. The van der Waals surface area contributed by atoms with Gasteiger partial charge in [0, 0.05) is 25.8 Å². The third-order valence-electron chi connectivity index (χ3n) is 3.44. The number of nitrogens with zero attached hydrogens (tertiary/aromatic N) is 2. The van der Waals surface area contributed by atoms with E-state index in [1.165, 1.54) is 0 Å². The van der Waals surface area contributed by atoms with Gasteiger partial charge in [0.05, 0.1) is 5.69 Å². The number of aryl methyl sites for hydroxylation is 1. The van der Waals surface area contributed by atoms with E-state index in [9.17, 15) is 4.79 Å². The van der Waals surface area contributed by atoms with Crippen LogP contribution in [0.2, 0.25) is 0 Å². The van der Waals surface area contributed by atoms with Gasteiger partial charge < -0.3 is 15.2 Å². The van der Waals surface area contributed by atoms with Gasteiger partial charge in [-0.3, -0.25) is 4.79 Å². The van der Waals surface area contributed by atoms with Crippen molar-refractivity contribution in [3.05, 3.63) is 18.0 Å². The minimum Gasteiger partial charge on any atom is -0.397 e. The maximum absolute atomic E-state index is 12.4. The second kappa shape index (κ2) is 4.09. The number of nitrogen functional groups attached to an aromatic ring is 1. The van der Waals surface area contributed by atoms with Crippen LogP contribution < -0.4 is 5.73 Å². The van der Waals surface area contributed by atoms with Crippen LogP contribution in [0.15, 0.2) is 12.3 Å². The zero-order valence-electron chi connectivity index (χ0n) is 10.9. The van der Waals surface area contributed by atoms with Crippen molar-refractivity contribution < 1.29 is 4.79 Å². The van der Waals surface area contributed by atoms with Gasteiger partial charge in [0.25, 0.3) is 5.91 Å². The minimum absolute atomic E-state index is 0.106. The number of hydrogen-bond acceptors (Lipinski definition) is 2. The third kappa shape index (κ3) is 2.30. The summed E-state index contributed by atoms with van der Waals surface area (Å²) in [5, 5.41) is 0. The summed E-state index contributed by atoms with van der Waals surface area (Å²) in [6.07, 6.45) is 2.90. The molecule has 0 unspecified atom stereocenters. The fourth-order valence-corrected chi connectivity index (χ4v) is 2.42. The molecule has 4 nitrogen and oxygen atoms in total. The fraction of sp³-hybridized carbons (Fsp3) is 0.615. The van der Waals surface area contributed by atoms with Crippen LogP contribution in [-0.4, -0.2) is 28.5 Å². The summed E-state index contributed by atoms with van der Waals surface area (Å²) >= 11 is 0. The Morgan fingerprint density at radius 3 is 2.76 bits per heavy atom. The summed E-state index contributed by atoms with van der Waals surface area (Å²) in [7, 11) is 0. The molecule has 0 radical (unpaired) electrons. The Morgan fingerprint density at radius 1 is 1.53 bits per heavy atom. The molecule has 94 valence electrons. The molecule has 0 saturated carbocycles. The first-order valence-electron chi connectivity index (χ1n) is 6.18. The summed E-state index contributed by atoms with van der Waals surface area (Å²) < 4.78 is 1.92. The molecule has 0 atom stereocenters. The minimum atomic E-state index is 0.106. The Hall–Kier alpha value is -1.45. The molecule has 1 aromatic rings. The molecule has 1 aromatic heterocycles. The molecule has 1 fully saturated rings. The van der Waals surface area contributed by atoms with Crippen molar-refractivity contribution >= 4 is 11.6 Å². The highest BCUT2D eigenvalue weighted by Gasteiger charge is 2.33. The molecule has 0 bridgehead atoms. The van der Waals surface area contributed by atoms with E-state index in [0.717, 1.165) is 26.1 Å². The molecule has 4 heteroatoms. The van der Waals surface area contributed by atoms with E-state index in [4.69, 9.17) is 5.73 Å². The number of rotatable bonds is 2. The van der Waals surface area contributed by atoms with Crippen LogP contribution in [-0.2, 0) is 6.54 Å². The molecular weight excluding hydrogens is 214 g/mol. The van der Waals surface area contributed by atoms with Crippen LogP contribution in [0.1, 0.15) is 37.7 Å². The molecule has 2 N–H and O–H groups in total. The van der Waals surface area contributed by atoms with Gasteiger partial charge in [0.15, 0.2) is 0 Å². The maximum Gasteiger partial charge on any atom is 0.270 e. The fourth-order valence-electron chi connectivity index (χ4n) is 2.42. The average Bonchev–Trinajstić information content (AvgIpc) is 2.80. The summed E-state index contributed by atoms with van der Waals surface area (Å²) in [5.41, 5.74) is 7.37. The number of carbonyl (C=O) groups excluding carboxylic acids is 1. The van der Waals surface area contributed by atoms with Crippen LogP contribution >= 0.6 is 0 Å². The Kier molecular flexibility index (Phi) is 2.89. The first kappa shape index (κ1) is 12.0. The van der Waals surface area contributed by atoms with Gasteiger partial charge in [0.1, 0.15) is 5.69 Å². The van der Waals surface area contributed by atoms with Gasteiger partial charge in [-0.05, 0) is 24.8 Å². The Balaban J connectivity index is 2.20. The number of nitrogens with two attached hydrogens (primary N) is 1. The summed E-state index contributed by atoms with van der Waals surface area (Å²) in [4.78, 5) is 14.3. The van der Waals surface area contributed by atoms with E-state index in [0.29, 0.717) is 11.4 Å². The molecule has 0 aromatic carbocycles. The van der Waals surface area contributed by atoms with E-state index in [1.807, 2.05) is 22.6 Å². The summed E-state index contributed by atoms with van der Waals surface area (Å²) in [6, 6.07) is 1.77. The second-order valence-electron chi connectivity index (χ2n) is 5.59. The van der Waals surface area contributed by atoms with E-state index < -0.39 is 0 Å². The number of anilines is 1. The molecule has 1 saturated heterocycles. The van der Waals surface area contributed by atoms with Crippen LogP contribution in [0.3, 0.4) is 0 Å². The van der Waals surface area contributed by atoms with E-state index in [2.05, 4.69) is 13.8 Å². The Morgan fingerprint density at radius 2 is 2.24 bits per heavy atom. The molecular formula is C13H21N3O. The lowest BCUT2D eigenvalue weighted by Gasteiger charge is -2.20. The van der Waals surface area contributed by atoms with Crippen LogP contribution in [0.25, 0.3) is 0 Å². The average molecular weight is 235 g/mol. The largest absolute Gasteiger partial charge is 0.397 e.